The van der Waals surface area contributed by atoms with Crippen LogP contribution in [-0.2, 0) is 9.59 Å². The van der Waals surface area contributed by atoms with Gasteiger partial charge in [-0.05, 0) is 37.8 Å². The minimum absolute atomic E-state index is 0.102. The standard InChI is InChI=1S/C18H25ClN2O3/c1-13-11-16(17(24-3)12-15(13)19)21(14(2)22)10-7-18(23)20-8-5-4-6-9-20/h11-12H,4-10H2,1-3H3. The first kappa shape index (κ1) is 18.6. The fraction of sp³-hybridized carbons (Fsp3) is 0.556. The van der Waals surface area contributed by atoms with Crippen LogP contribution in [0.4, 0.5) is 5.69 Å². The third-order valence-electron chi connectivity index (χ3n) is 4.39. The summed E-state index contributed by atoms with van der Waals surface area (Å²) in [7, 11) is 1.54. The second kappa shape index (κ2) is 8.38. The molecule has 1 aromatic carbocycles. The van der Waals surface area contributed by atoms with Gasteiger partial charge < -0.3 is 14.5 Å². The Kier molecular flexibility index (Phi) is 6.49. The maximum atomic E-state index is 12.4. The highest BCUT2D eigenvalue weighted by Gasteiger charge is 2.21. The number of methoxy groups -OCH3 is 1. The molecule has 0 N–H and O–H groups in total. The van der Waals surface area contributed by atoms with Gasteiger partial charge in [0.05, 0.1) is 12.8 Å². The highest BCUT2D eigenvalue weighted by molar-refractivity contribution is 6.31. The van der Waals surface area contributed by atoms with Crippen LogP contribution in [0.25, 0.3) is 0 Å². The summed E-state index contributed by atoms with van der Waals surface area (Å²) in [6.07, 6.45) is 3.62. The van der Waals surface area contributed by atoms with Crippen LogP contribution in [0.3, 0.4) is 0 Å². The Labute approximate surface area is 148 Å². The van der Waals surface area contributed by atoms with Gasteiger partial charge in [-0.2, -0.15) is 0 Å². The normalized spacial score (nSPS) is 14.4. The Morgan fingerprint density at radius 2 is 1.92 bits per heavy atom. The van der Waals surface area contributed by atoms with Crippen molar-refractivity contribution in [2.24, 2.45) is 0 Å². The molecule has 2 rings (SSSR count). The van der Waals surface area contributed by atoms with E-state index >= 15 is 0 Å². The predicted molar refractivity (Wildman–Crippen MR) is 95.8 cm³/mol. The van der Waals surface area contributed by atoms with Gasteiger partial charge in [0.15, 0.2) is 0 Å². The van der Waals surface area contributed by atoms with Crippen molar-refractivity contribution >= 4 is 29.1 Å². The number of piperidine rings is 1. The van der Waals surface area contributed by atoms with Gasteiger partial charge in [-0.1, -0.05) is 11.6 Å². The van der Waals surface area contributed by atoms with Crippen LogP contribution in [0.2, 0.25) is 5.02 Å². The van der Waals surface area contributed by atoms with E-state index in [1.54, 1.807) is 18.1 Å². The van der Waals surface area contributed by atoms with Gasteiger partial charge in [0, 0.05) is 44.1 Å². The Morgan fingerprint density at radius 3 is 2.50 bits per heavy atom. The van der Waals surface area contributed by atoms with Crippen LogP contribution in [-0.4, -0.2) is 43.5 Å². The Bertz CT molecular complexity index is 613. The van der Waals surface area contributed by atoms with E-state index in [0.717, 1.165) is 31.5 Å². The molecule has 1 saturated heterocycles. The summed E-state index contributed by atoms with van der Waals surface area (Å²) in [6, 6.07) is 3.53. The lowest BCUT2D eigenvalue weighted by Crippen LogP contribution is -2.39. The Morgan fingerprint density at radius 1 is 1.25 bits per heavy atom. The van der Waals surface area contributed by atoms with Gasteiger partial charge in [-0.3, -0.25) is 9.59 Å². The smallest absolute Gasteiger partial charge is 0.224 e. The molecular weight excluding hydrogens is 328 g/mol. The zero-order valence-electron chi connectivity index (χ0n) is 14.6. The van der Waals surface area contributed by atoms with E-state index in [0.29, 0.717) is 29.4 Å². The molecule has 1 aliphatic rings. The molecule has 0 unspecified atom stereocenters. The van der Waals surface area contributed by atoms with E-state index < -0.39 is 0 Å². The van der Waals surface area contributed by atoms with Crippen molar-refractivity contribution in [2.45, 2.75) is 39.5 Å². The number of benzene rings is 1. The number of anilines is 1. The number of likely N-dealkylation sites (tertiary alicyclic amines) is 1. The SMILES string of the molecule is COc1cc(Cl)c(C)cc1N(CCC(=O)N1CCCCC1)C(C)=O. The third-order valence-corrected chi connectivity index (χ3v) is 4.80. The number of halogens is 1. The molecule has 0 radical (unpaired) electrons. The molecule has 0 spiro atoms. The van der Waals surface area contributed by atoms with Gasteiger partial charge in [-0.25, -0.2) is 0 Å². The molecule has 5 nitrogen and oxygen atoms in total. The van der Waals surface area contributed by atoms with Gasteiger partial charge in [0.2, 0.25) is 11.8 Å². The van der Waals surface area contributed by atoms with E-state index in [2.05, 4.69) is 0 Å². The summed E-state index contributed by atoms with van der Waals surface area (Å²) in [5, 5.41) is 0.587. The largest absolute Gasteiger partial charge is 0.495 e. The number of hydrogen-bond acceptors (Lipinski definition) is 3. The molecule has 1 fully saturated rings. The first-order valence-electron chi connectivity index (χ1n) is 8.34. The van der Waals surface area contributed by atoms with E-state index in [1.165, 1.54) is 13.3 Å². The predicted octanol–water partition coefficient (Wildman–Crippen LogP) is 3.41. The number of carbonyl (C=O) groups is 2. The van der Waals surface area contributed by atoms with Crippen molar-refractivity contribution in [3.05, 3.63) is 22.7 Å². The fourth-order valence-corrected chi connectivity index (χ4v) is 3.13. The summed E-state index contributed by atoms with van der Waals surface area (Å²) in [5.41, 5.74) is 1.51. The molecule has 1 heterocycles. The zero-order chi connectivity index (χ0) is 17.7. The number of hydrogen-bond donors (Lipinski definition) is 0. The monoisotopic (exact) mass is 352 g/mol. The van der Waals surface area contributed by atoms with Gasteiger partial charge in [0.1, 0.15) is 5.75 Å². The van der Waals surface area contributed by atoms with Crippen molar-refractivity contribution in [1.82, 2.24) is 4.90 Å². The number of aryl methyl sites for hydroxylation is 1. The summed E-state index contributed by atoms with van der Waals surface area (Å²) in [6.45, 7) is 5.35. The maximum Gasteiger partial charge on any atom is 0.224 e. The van der Waals surface area contributed by atoms with Crippen LogP contribution >= 0.6 is 11.6 Å². The number of carbonyl (C=O) groups excluding carboxylic acids is 2. The molecule has 1 aliphatic heterocycles. The first-order valence-corrected chi connectivity index (χ1v) is 8.72. The van der Waals surface area contributed by atoms with Crippen molar-refractivity contribution < 1.29 is 14.3 Å². The summed E-state index contributed by atoms with van der Waals surface area (Å²) in [5.74, 6) is 0.512. The molecule has 24 heavy (non-hydrogen) atoms. The van der Waals surface area contributed by atoms with E-state index in [1.807, 2.05) is 17.9 Å². The highest BCUT2D eigenvalue weighted by Crippen LogP contribution is 2.34. The second-order valence-electron chi connectivity index (χ2n) is 6.14. The number of amides is 2. The number of rotatable bonds is 5. The summed E-state index contributed by atoms with van der Waals surface area (Å²) in [4.78, 5) is 28.0. The van der Waals surface area contributed by atoms with Gasteiger partial charge in [0.25, 0.3) is 0 Å². The van der Waals surface area contributed by atoms with E-state index in [4.69, 9.17) is 16.3 Å². The van der Waals surface area contributed by atoms with Crippen molar-refractivity contribution in [3.63, 3.8) is 0 Å². The Hall–Kier alpha value is -1.75. The molecule has 6 heteroatoms. The van der Waals surface area contributed by atoms with Gasteiger partial charge in [-0.15, -0.1) is 0 Å². The molecule has 0 atom stereocenters. The number of nitrogens with zero attached hydrogens (tertiary/aromatic N) is 2. The van der Waals surface area contributed by atoms with E-state index in [-0.39, 0.29) is 11.8 Å². The van der Waals surface area contributed by atoms with Crippen LogP contribution in [0.5, 0.6) is 5.75 Å². The summed E-state index contributed by atoms with van der Waals surface area (Å²) < 4.78 is 5.36. The van der Waals surface area contributed by atoms with Crippen LogP contribution in [0.15, 0.2) is 12.1 Å². The molecule has 1 aromatic rings. The second-order valence-corrected chi connectivity index (χ2v) is 6.54. The minimum atomic E-state index is -0.124. The third kappa shape index (κ3) is 4.41. The summed E-state index contributed by atoms with van der Waals surface area (Å²) >= 11 is 6.13. The molecule has 0 saturated carbocycles. The lowest BCUT2D eigenvalue weighted by Gasteiger charge is -2.29. The molecule has 0 aliphatic carbocycles. The van der Waals surface area contributed by atoms with Crippen molar-refractivity contribution in [1.29, 1.82) is 0 Å². The molecule has 2 amide bonds. The fourth-order valence-electron chi connectivity index (χ4n) is 2.98. The minimum Gasteiger partial charge on any atom is -0.495 e. The first-order chi connectivity index (χ1) is 11.4. The van der Waals surface area contributed by atoms with Gasteiger partial charge >= 0.3 is 0 Å². The van der Waals surface area contributed by atoms with Crippen LogP contribution in [0.1, 0.15) is 38.2 Å². The van der Waals surface area contributed by atoms with E-state index in [9.17, 15) is 9.59 Å². The molecule has 0 bridgehead atoms. The molecular formula is C18H25ClN2O3. The maximum absolute atomic E-state index is 12.4. The van der Waals surface area contributed by atoms with Crippen LogP contribution in [0, 0.1) is 6.92 Å². The lowest BCUT2D eigenvalue weighted by molar-refractivity contribution is -0.131. The highest BCUT2D eigenvalue weighted by atomic mass is 35.5. The quantitative estimate of drug-likeness (QED) is 0.816. The van der Waals surface area contributed by atoms with Crippen molar-refractivity contribution in [3.8, 4) is 5.75 Å². The topological polar surface area (TPSA) is 49.9 Å². The molecule has 0 aromatic heterocycles. The zero-order valence-corrected chi connectivity index (χ0v) is 15.4. The molecule has 132 valence electrons. The van der Waals surface area contributed by atoms with Crippen LogP contribution < -0.4 is 9.64 Å². The average molecular weight is 353 g/mol. The Balaban J connectivity index is 2.13. The number of ether oxygens (including phenoxy) is 1. The average Bonchev–Trinajstić information content (AvgIpc) is 2.58. The lowest BCUT2D eigenvalue weighted by atomic mass is 10.1. The van der Waals surface area contributed by atoms with Crippen molar-refractivity contribution in [2.75, 3.05) is 31.6 Å².